The highest BCUT2D eigenvalue weighted by Crippen LogP contribution is 2.31. The molecule has 0 aliphatic heterocycles. The maximum Gasteiger partial charge on any atom is 0.251 e. The van der Waals surface area contributed by atoms with Crippen molar-refractivity contribution in [3.05, 3.63) is 35.4 Å². The van der Waals surface area contributed by atoms with Crippen LogP contribution in [0.5, 0.6) is 0 Å². The van der Waals surface area contributed by atoms with Gasteiger partial charge in [-0.05, 0) is 56.0 Å². The molecule has 4 heteroatoms. The van der Waals surface area contributed by atoms with Crippen LogP contribution in [0.1, 0.15) is 49.0 Å². The van der Waals surface area contributed by atoms with Gasteiger partial charge in [0.2, 0.25) is 0 Å². The summed E-state index contributed by atoms with van der Waals surface area (Å²) in [7, 11) is 0. The molecule has 1 aliphatic carbocycles. The standard InChI is InChI=1S/C18H29N3O/c1-3-11-21(4-2)13-14-5-7-16(8-6-14)18(22)20-12-17(19)15-9-10-15/h5-8,15,17H,3-4,9-13,19H2,1-2H3,(H,20,22). The molecule has 0 bridgehead atoms. The van der Waals surface area contributed by atoms with Crippen LogP contribution in [-0.2, 0) is 6.54 Å². The molecule has 2 rings (SSSR count). The number of benzene rings is 1. The minimum atomic E-state index is -0.0245. The average molecular weight is 303 g/mol. The van der Waals surface area contributed by atoms with Crippen LogP contribution in [0.2, 0.25) is 0 Å². The third-order valence-electron chi connectivity index (χ3n) is 4.34. The summed E-state index contributed by atoms with van der Waals surface area (Å²) < 4.78 is 0. The molecule has 0 radical (unpaired) electrons. The van der Waals surface area contributed by atoms with Crippen molar-refractivity contribution in [2.75, 3.05) is 19.6 Å². The third kappa shape index (κ3) is 5.11. The van der Waals surface area contributed by atoms with Gasteiger partial charge in [-0.3, -0.25) is 9.69 Å². The van der Waals surface area contributed by atoms with Crippen molar-refractivity contribution in [3.63, 3.8) is 0 Å². The van der Waals surface area contributed by atoms with Gasteiger partial charge in [0.1, 0.15) is 0 Å². The van der Waals surface area contributed by atoms with Crippen molar-refractivity contribution in [1.82, 2.24) is 10.2 Å². The topological polar surface area (TPSA) is 58.4 Å². The second kappa shape index (κ2) is 8.30. The first-order valence-electron chi connectivity index (χ1n) is 8.49. The summed E-state index contributed by atoms with van der Waals surface area (Å²) in [6, 6.07) is 8.03. The van der Waals surface area contributed by atoms with E-state index in [4.69, 9.17) is 5.73 Å². The summed E-state index contributed by atoms with van der Waals surface area (Å²) in [5, 5.41) is 2.94. The average Bonchev–Trinajstić information content (AvgIpc) is 3.37. The Morgan fingerprint density at radius 3 is 2.55 bits per heavy atom. The van der Waals surface area contributed by atoms with Crippen LogP contribution in [0.15, 0.2) is 24.3 Å². The van der Waals surface area contributed by atoms with Gasteiger partial charge in [-0.15, -0.1) is 0 Å². The normalized spacial score (nSPS) is 15.8. The number of carbonyl (C=O) groups excluding carboxylic acids is 1. The highest BCUT2D eigenvalue weighted by Gasteiger charge is 2.28. The smallest absolute Gasteiger partial charge is 0.251 e. The Balaban J connectivity index is 1.83. The SMILES string of the molecule is CCCN(CC)Cc1ccc(C(=O)NCC(N)C2CC2)cc1. The molecule has 1 aromatic carbocycles. The first-order valence-corrected chi connectivity index (χ1v) is 8.49. The number of nitrogens with two attached hydrogens (primary N) is 1. The Labute approximate surface area is 134 Å². The van der Waals surface area contributed by atoms with E-state index >= 15 is 0 Å². The summed E-state index contributed by atoms with van der Waals surface area (Å²) >= 11 is 0. The first-order chi connectivity index (χ1) is 10.6. The maximum atomic E-state index is 12.1. The lowest BCUT2D eigenvalue weighted by atomic mass is 10.1. The van der Waals surface area contributed by atoms with Crippen LogP contribution in [0, 0.1) is 5.92 Å². The van der Waals surface area contributed by atoms with Crippen molar-refractivity contribution in [2.45, 2.75) is 45.7 Å². The number of nitrogens with zero attached hydrogens (tertiary/aromatic N) is 1. The van der Waals surface area contributed by atoms with E-state index in [1.54, 1.807) is 0 Å². The van der Waals surface area contributed by atoms with Gasteiger partial charge in [0.05, 0.1) is 0 Å². The lowest BCUT2D eigenvalue weighted by Crippen LogP contribution is -2.38. The molecule has 0 saturated heterocycles. The van der Waals surface area contributed by atoms with E-state index in [1.165, 1.54) is 18.4 Å². The van der Waals surface area contributed by atoms with Gasteiger partial charge in [-0.1, -0.05) is 26.0 Å². The van der Waals surface area contributed by atoms with Crippen LogP contribution >= 0.6 is 0 Å². The third-order valence-corrected chi connectivity index (χ3v) is 4.34. The van der Waals surface area contributed by atoms with Gasteiger partial charge >= 0.3 is 0 Å². The van der Waals surface area contributed by atoms with Crippen LogP contribution in [0.25, 0.3) is 0 Å². The number of amides is 1. The fraction of sp³-hybridized carbons (Fsp3) is 0.611. The fourth-order valence-electron chi connectivity index (χ4n) is 2.69. The Bertz CT molecular complexity index is 468. The van der Waals surface area contributed by atoms with E-state index in [9.17, 15) is 4.79 Å². The zero-order valence-electron chi connectivity index (χ0n) is 13.8. The van der Waals surface area contributed by atoms with Gasteiger partial charge < -0.3 is 11.1 Å². The molecule has 3 N–H and O–H groups in total. The minimum absolute atomic E-state index is 0.0245. The molecular formula is C18H29N3O. The predicted octanol–water partition coefficient (Wildman–Crippen LogP) is 2.39. The molecule has 1 fully saturated rings. The molecule has 1 unspecified atom stereocenters. The van der Waals surface area contributed by atoms with E-state index < -0.39 is 0 Å². The molecule has 122 valence electrons. The quantitative estimate of drug-likeness (QED) is 0.736. The van der Waals surface area contributed by atoms with Crippen molar-refractivity contribution < 1.29 is 4.79 Å². The lowest BCUT2D eigenvalue weighted by Gasteiger charge is -2.19. The van der Waals surface area contributed by atoms with Crippen molar-refractivity contribution in [2.24, 2.45) is 11.7 Å². The number of hydrogen-bond donors (Lipinski definition) is 2. The fourth-order valence-corrected chi connectivity index (χ4v) is 2.69. The second-order valence-corrected chi connectivity index (χ2v) is 6.28. The van der Waals surface area contributed by atoms with E-state index in [-0.39, 0.29) is 11.9 Å². The largest absolute Gasteiger partial charge is 0.350 e. The van der Waals surface area contributed by atoms with Crippen molar-refractivity contribution in [3.8, 4) is 0 Å². The van der Waals surface area contributed by atoms with E-state index in [2.05, 4.69) is 24.1 Å². The monoisotopic (exact) mass is 303 g/mol. The van der Waals surface area contributed by atoms with Gasteiger partial charge in [-0.25, -0.2) is 0 Å². The lowest BCUT2D eigenvalue weighted by molar-refractivity contribution is 0.0950. The highest BCUT2D eigenvalue weighted by atomic mass is 16.1. The minimum Gasteiger partial charge on any atom is -0.350 e. The molecule has 1 atom stereocenters. The molecular weight excluding hydrogens is 274 g/mol. The molecule has 1 saturated carbocycles. The molecule has 0 heterocycles. The van der Waals surface area contributed by atoms with Gasteiger partial charge in [0.15, 0.2) is 0 Å². The molecule has 1 aromatic rings. The molecule has 0 spiro atoms. The number of rotatable bonds is 9. The molecule has 0 aromatic heterocycles. The number of carbonyl (C=O) groups is 1. The maximum absolute atomic E-state index is 12.1. The zero-order chi connectivity index (χ0) is 15.9. The van der Waals surface area contributed by atoms with Crippen LogP contribution in [0.3, 0.4) is 0 Å². The Morgan fingerprint density at radius 2 is 2.00 bits per heavy atom. The van der Waals surface area contributed by atoms with Crippen LogP contribution in [-0.4, -0.2) is 36.5 Å². The molecule has 1 amide bonds. The van der Waals surface area contributed by atoms with E-state index in [0.717, 1.165) is 26.1 Å². The Kier molecular flexibility index (Phi) is 6.40. The van der Waals surface area contributed by atoms with Gasteiger partial charge in [-0.2, -0.15) is 0 Å². The van der Waals surface area contributed by atoms with Crippen molar-refractivity contribution in [1.29, 1.82) is 0 Å². The highest BCUT2D eigenvalue weighted by molar-refractivity contribution is 5.94. The van der Waals surface area contributed by atoms with E-state index in [1.807, 2.05) is 24.3 Å². The predicted molar refractivity (Wildman–Crippen MR) is 90.7 cm³/mol. The molecule has 1 aliphatic rings. The van der Waals surface area contributed by atoms with Gasteiger partial charge in [0, 0.05) is 24.7 Å². The Hall–Kier alpha value is -1.39. The van der Waals surface area contributed by atoms with E-state index in [0.29, 0.717) is 18.0 Å². The Morgan fingerprint density at radius 1 is 1.32 bits per heavy atom. The van der Waals surface area contributed by atoms with Crippen LogP contribution in [0.4, 0.5) is 0 Å². The second-order valence-electron chi connectivity index (χ2n) is 6.28. The zero-order valence-corrected chi connectivity index (χ0v) is 13.8. The molecule has 4 nitrogen and oxygen atoms in total. The number of nitrogens with one attached hydrogen (secondary N) is 1. The van der Waals surface area contributed by atoms with Crippen molar-refractivity contribution >= 4 is 5.91 Å². The summed E-state index contributed by atoms with van der Waals surface area (Å²) in [4.78, 5) is 14.5. The summed E-state index contributed by atoms with van der Waals surface area (Å²) in [5.74, 6) is 0.588. The summed E-state index contributed by atoms with van der Waals surface area (Å²) in [6.45, 7) is 8.06. The first kappa shape index (κ1) is 17.0. The number of hydrogen-bond acceptors (Lipinski definition) is 3. The summed E-state index contributed by atoms with van der Waals surface area (Å²) in [6.07, 6.45) is 3.57. The molecule has 22 heavy (non-hydrogen) atoms. The van der Waals surface area contributed by atoms with Gasteiger partial charge in [0.25, 0.3) is 5.91 Å². The van der Waals surface area contributed by atoms with Crippen LogP contribution < -0.4 is 11.1 Å². The summed E-state index contributed by atoms with van der Waals surface area (Å²) in [5.41, 5.74) is 7.97.